The summed E-state index contributed by atoms with van der Waals surface area (Å²) in [5.74, 6) is 0.0734. The number of carbonyl (C=O) groups is 1. The lowest BCUT2D eigenvalue weighted by molar-refractivity contribution is 0.104. The average Bonchev–Trinajstić information content (AvgIpc) is 2.75. The Labute approximate surface area is 169 Å². The minimum absolute atomic E-state index is 0.112. The summed E-state index contributed by atoms with van der Waals surface area (Å²) in [6.45, 7) is 2.38. The Hall–Kier alpha value is -3.38. The minimum Gasteiger partial charge on any atom is -0.494 e. The molecule has 0 atom stereocenters. The van der Waals surface area contributed by atoms with Crippen LogP contribution >= 0.6 is 0 Å². The van der Waals surface area contributed by atoms with Crippen LogP contribution in [0, 0.1) is 0 Å². The third-order valence-corrected chi connectivity index (χ3v) is 6.43. The summed E-state index contributed by atoms with van der Waals surface area (Å²) in [6, 6.07) is 22.5. The Balaban J connectivity index is 1.83. The predicted molar refractivity (Wildman–Crippen MR) is 112 cm³/mol. The summed E-state index contributed by atoms with van der Waals surface area (Å²) in [5, 5.41) is 0. The number of allylic oxidation sites excluding steroid dienone is 1. The Morgan fingerprint density at radius 1 is 0.897 bits per heavy atom. The lowest BCUT2D eigenvalue weighted by Crippen LogP contribution is -2.25. The van der Waals surface area contributed by atoms with Crippen LogP contribution in [0.1, 0.15) is 17.3 Å². The Bertz CT molecular complexity index is 1180. The molecule has 0 fully saturated rings. The van der Waals surface area contributed by atoms with E-state index in [1.54, 1.807) is 47.4 Å². The van der Waals surface area contributed by atoms with Crippen molar-refractivity contribution in [2.24, 2.45) is 0 Å². The first-order chi connectivity index (χ1) is 14.0. The van der Waals surface area contributed by atoms with Gasteiger partial charge in [0.1, 0.15) is 10.7 Å². The molecular weight excluding hydrogens is 386 g/mol. The molecule has 4 rings (SSSR count). The molecule has 0 aliphatic carbocycles. The van der Waals surface area contributed by atoms with Gasteiger partial charge in [0.05, 0.1) is 17.2 Å². The number of para-hydroxylation sites is 2. The number of hydrogen-bond donors (Lipinski definition) is 0. The van der Waals surface area contributed by atoms with Crippen molar-refractivity contribution in [3.05, 3.63) is 95.5 Å². The summed E-state index contributed by atoms with van der Waals surface area (Å²) in [7, 11) is -3.95. The van der Waals surface area contributed by atoms with E-state index in [4.69, 9.17) is 4.74 Å². The second kappa shape index (κ2) is 7.56. The van der Waals surface area contributed by atoms with E-state index in [9.17, 15) is 13.2 Å². The molecule has 1 aliphatic heterocycles. The van der Waals surface area contributed by atoms with Crippen LogP contribution in [0.3, 0.4) is 0 Å². The van der Waals surface area contributed by atoms with Gasteiger partial charge in [0.25, 0.3) is 0 Å². The van der Waals surface area contributed by atoms with E-state index in [1.807, 2.05) is 37.3 Å². The van der Waals surface area contributed by atoms with Gasteiger partial charge in [0.2, 0.25) is 15.6 Å². The van der Waals surface area contributed by atoms with Crippen LogP contribution in [0.4, 0.5) is 11.4 Å². The standard InChI is InChI=1S/C23H19NO4S/c1-2-28-19-14-12-17(13-15-19)23(25)22-16-24(18-8-4-3-5-9-18)20-10-6-7-11-21(20)29(22,26)27/h3-16H,2H2,1H3. The normalized spacial score (nSPS) is 14.7. The maximum atomic E-state index is 13.2. The van der Waals surface area contributed by atoms with E-state index in [0.29, 0.717) is 18.0 Å². The molecule has 0 spiro atoms. The molecule has 0 bridgehead atoms. The van der Waals surface area contributed by atoms with Crippen molar-refractivity contribution in [3.63, 3.8) is 0 Å². The van der Waals surface area contributed by atoms with Crippen LogP contribution in [0.5, 0.6) is 5.75 Å². The number of anilines is 2. The highest BCUT2D eigenvalue weighted by molar-refractivity contribution is 7.96. The average molecular weight is 405 g/mol. The first-order valence-electron chi connectivity index (χ1n) is 9.20. The number of fused-ring (bicyclic) bond motifs is 1. The number of Topliss-reactive ketones (excluding diaryl/α,β-unsaturated/α-hetero) is 1. The van der Waals surface area contributed by atoms with Crippen LogP contribution in [0.2, 0.25) is 0 Å². The monoisotopic (exact) mass is 405 g/mol. The maximum Gasteiger partial charge on any atom is 0.214 e. The zero-order valence-electron chi connectivity index (χ0n) is 15.8. The van der Waals surface area contributed by atoms with Gasteiger partial charge < -0.3 is 9.64 Å². The molecule has 29 heavy (non-hydrogen) atoms. The number of carbonyl (C=O) groups excluding carboxylic acids is 1. The number of hydrogen-bond acceptors (Lipinski definition) is 5. The van der Waals surface area contributed by atoms with Gasteiger partial charge in [0, 0.05) is 17.5 Å². The second-order valence-corrected chi connectivity index (χ2v) is 8.34. The molecule has 1 heterocycles. The molecule has 0 unspecified atom stereocenters. The van der Waals surface area contributed by atoms with E-state index < -0.39 is 15.6 Å². The topological polar surface area (TPSA) is 63.7 Å². The number of rotatable bonds is 5. The molecule has 0 saturated carbocycles. The molecule has 0 amide bonds. The van der Waals surface area contributed by atoms with E-state index in [-0.39, 0.29) is 15.4 Å². The molecule has 0 N–H and O–H groups in total. The molecule has 146 valence electrons. The number of benzene rings is 3. The van der Waals surface area contributed by atoms with E-state index in [2.05, 4.69) is 0 Å². The second-order valence-electron chi connectivity index (χ2n) is 6.46. The van der Waals surface area contributed by atoms with Crippen molar-refractivity contribution in [2.75, 3.05) is 11.5 Å². The number of nitrogens with zero attached hydrogens (tertiary/aromatic N) is 1. The Morgan fingerprint density at radius 3 is 2.24 bits per heavy atom. The van der Waals surface area contributed by atoms with Gasteiger partial charge in [-0.25, -0.2) is 8.42 Å². The quantitative estimate of drug-likeness (QED) is 0.574. The smallest absolute Gasteiger partial charge is 0.214 e. The number of ether oxygens (including phenoxy) is 1. The van der Waals surface area contributed by atoms with Gasteiger partial charge in [-0.1, -0.05) is 30.3 Å². The van der Waals surface area contributed by atoms with Crippen LogP contribution in [-0.4, -0.2) is 20.8 Å². The van der Waals surface area contributed by atoms with Gasteiger partial charge in [0.15, 0.2) is 0 Å². The van der Waals surface area contributed by atoms with E-state index in [0.717, 1.165) is 5.69 Å². The first kappa shape index (κ1) is 19.0. The highest BCUT2D eigenvalue weighted by Gasteiger charge is 2.35. The predicted octanol–water partition coefficient (Wildman–Crippen LogP) is 4.74. The van der Waals surface area contributed by atoms with Gasteiger partial charge >= 0.3 is 0 Å². The fraction of sp³-hybridized carbons (Fsp3) is 0.0870. The van der Waals surface area contributed by atoms with E-state index in [1.165, 1.54) is 12.3 Å². The van der Waals surface area contributed by atoms with Crippen molar-refractivity contribution < 1.29 is 17.9 Å². The molecule has 1 aliphatic rings. The van der Waals surface area contributed by atoms with Crippen molar-refractivity contribution in [1.82, 2.24) is 0 Å². The fourth-order valence-corrected chi connectivity index (χ4v) is 4.79. The fourth-order valence-electron chi connectivity index (χ4n) is 3.25. The number of sulfone groups is 1. The zero-order chi connectivity index (χ0) is 20.4. The van der Waals surface area contributed by atoms with Crippen LogP contribution in [0.25, 0.3) is 0 Å². The molecule has 0 radical (unpaired) electrons. The summed E-state index contributed by atoms with van der Waals surface area (Å²) in [5.41, 5.74) is 1.57. The summed E-state index contributed by atoms with van der Waals surface area (Å²) in [6.07, 6.45) is 1.41. The molecule has 0 aromatic heterocycles. The van der Waals surface area contributed by atoms with Crippen LogP contribution < -0.4 is 9.64 Å². The van der Waals surface area contributed by atoms with Gasteiger partial charge in [-0.05, 0) is 55.5 Å². The van der Waals surface area contributed by atoms with Crippen molar-refractivity contribution in [2.45, 2.75) is 11.8 Å². The van der Waals surface area contributed by atoms with Crippen LogP contribution in [0.15, 0.2) is 94.9 Å². The summed E-state index contributed by atoms with van der Waals surface area (Å²) >= 11 is 0. The minimum atomic E-state index is -3.95. The molecule has 5 nitrogen and oxygen atoms in total. The van der Waals surface area contributed by atoms with Crippen molar-refractivity contribution in [3.8, 4) is 5.75 Å². The van der Waals surface area contributed by atoms with E-state index >= 15 is 0 Å². The third kappa shape index (κ3) is 3.43. The van der Waals surface area contributed by atoms with Gasteiger partial charge in [-0.3, -0.25) is 4.79 Å². The third-order valence-electron chi connectivity index (χ3n) is 4.64. The summed E-state index contributed by atoms with van der Waals surface area (Å²) < 4.78 is 31.8. The largest absolute Gasteiger partial charge is 0.494 e. The SMILES string of the molecule is CCOc1ccc(C(=O)C2=CN(c3ccccc3)c3ccccc3S2(=O)=O)cc1. The van der Waals surface area contributed by atoms with Crippen LogP contribution in [-0.2, 0) is 9.84 Å². The molecular formula is C23H19NO4S. The van der Waals surface area contributed by atoms with Gasteiger partial charge in [-0.2, -0.15) is 0 Å². The highest BCUT2D eigenvalue weighted by Crippen LogP contribution is 2.40. The lowest BCUT2D eigenvalue weighted by Gasteiger charge is -2.28. The maximum absolute atomic E-state index is 13.2. The van der Waals surface area contributed by atoms with Crippen molar-refractivity contribution in [1.29, 1.82) is 0 Å². The highest BCUT2D eigenvalue weighted by atomic mass is 32.2. The Kier molecular flexibility index (Phi) is 4.94. The lowest BCUT2D eigenvalue weighted by atomic mass is 10.1. The molecule has 3 aromatic carbocycles. The summed E-state index contributed by atoms with van der Waals surface area (Å²) in [4.78, 5) is 14.7. The number of ketones is 1. The zero-order valence-corrected chi connectivity index (χ0v) is 16.6. The molecule has 0 saturated heterocycles. The first-order valence-corrected chi connectivity index (χ1v) is 10.7. The molecule has 6 heteroatoms. The Morgan fingerprint density at radius 2 is 1.55 bits per heavy atom. The van der Waals surface area contributed by atoms with Gasteiger partial charge in [-0.15, -0.1) is 0 Å². The molecule has 3 aromatic rings. The van der Waals surface area contributed by atoms with Crippen molar-refractivity contribution >= 4 is 27.0 Å².